The molecule has 0 saturated carbocycles. The van der Waals surface area contributed by atoms with Crippen LogP contribution in [0.5, 0.6) is 0 Å². The highest BCUT2D eigenvalue weighted by Crippen LogP contribution is 2.23. The molecule has 3 aromatic carbocycles. The lowest BCUT2D eigenvalue weighted by atomic mass is 9.77. The molecule has 180 valence electrons. The second-order valence-corrected chi connectivity index (χ2v) is 9.48. The topological polar surface area (TPSA) is 93.1 Å². The van der Waals surface area contributed by atoms with E-state index in [1.165, 1.54) is 10.5 Å². The lowest BCUT2D eigenvalue weighted by Crippen LogP contribution is -2.56. The summed E-state index contributed by atoms with van der Waals surface area (Å²) in [7, 11) is -1.60. The van der Waals surface area contributed by atoms with Crippen molar-refractivity contribution in [3.05, 3.63) is 83.4 Å². The SMILES string of the molecule is O=C(N[C@@H](Cc1ccc2ccccc2c1)C(=O)N1CCC[C@H]1B(O)O)N1CCc2ccccc2C1. The summed E-state index contributed by atoms with van der Waals surface area (Å²) < 4.78 is 0. The Balaban J connectivity index is 1.38. The summed E-state index contributed by atoms with van der Waals surface area (Å²) in [5, 5.41) is 24.8. The van der Waals surface area contributed by atoms with Crippen molar-refractivity contribution in [3.8, 4) is 0 Å². The summed E-state index contributed by atoms with van der Waals surface area (Å²) in [4.78, 5) is 30.2. The number of rotatable bonds is 5. The fraction of sp³-hybridized carbons (Fsp3) is 0.333. The predicted molar refractivity (Wildman–Crippen MR) is 135 cm³/mol. The van der Waals surface area contributed by atoms with Crippen LogP contribution >= 0.6 is 0 Å². The van der Waals surface area contributed by atoms with Gasteiger partial charge in [0.2, 0.25) is 5.91 Å². The highest BCUT2D eigenvalue weighted by atomic mass is 16.4. The molecule has 0 aromatic heterocycles. The number of nitrogens with one attached hydrogen (secondary N) is 1. The lowest BCUT2D eigenvalue weighted by molar-refractivity contribution is -0.133. The maximum absolute atomic E-state index is 13.6. The van der Waals surface area contributed by atoms with Crippen molar-refractivity contribution >= 4 is 29.8 Å². The number of urea groups is 1. The molecule has 1 fully saturated rings. The molecular weight excluding hydrogens is 441 g/mol. The minimum Gasteiger partial charge on any atom is -0.426 e. The van der Waals surface area contributed by atoms with Gasteiger partial charge in [-0.3, -0.25) is 4.79 Å². The molecule has 3 aromatic rings. The van der Waals surface area contributed by atoms with Crippen LogP contribution in [0.25, 0.3) is 10.8 Å². The molecule has 2 aliphatic heterocycles. The summed E-state index contributed by atoms with van der Waals surface area (Å²) >= 11 is 0. The molecule has 2 atom stereocenters. The number of benzene rings is 3. The Labute approximate surface area is 205 Å². The number of hydrogen-bond acceptors (Lipinski definition) is 4. The Morgan fingerprint density at radius 2 is 1.71 bits per heavy atom. The molecule has 5 rings (SSSR count). The fourth-order valence-electron chi connectivity index (χ4n) is 5.29. The Morgan fingerprint density at radius 1 is 0.971 bits per heavy atom. The summed E-state index contributed by atoms with van der Waals surface area (Å²) in [6.45, 7) is 1.53. The molecule has 3 amide bonds. The number of hydrogen-bond donors (Lipinski definition) is 3. The van der Waals surface area contributed by atoms with E-state index >= 15 is 0 Å². The fourth-order valence-corrected chi connectivity index (χ4v) is 5.29. The van der Waals surface area contributed by atoms with Crippen molar-refractivity contribution in [1.29, 1.82) is 0 Å². The molecule has 7 nitrogen and oxygen atoms in total. The maximum Gasteiger partial charge on any atom is 0.475 e. The van der Waals surface area contributed by atoms with E-state index in [4.69, 9.17) is 0 Å². The number of amides is 3. The van der Waals surface area contributed by atoms with E-state index in [2.05, 4.69) is 11.4 Å². The zero-order chi connectivity index (χ0) is 24.4. The van der Waals surface area contributed by atoms with Gasteiger partial charge in [-0.1, -0.05) is 66.7 Å². The van der Waals surface area contributed by atoms with Crippen LogP contribution in [-0.4, -0.2) is 64.0 Å². The molecule has 0 unspecified atom stereocenters. The number of nitrogens with zero attached hydrogens (tertiary/aromatic N) is 2. The summed E-state index contributed by atoms with van der Waals surface area (Å²) in [5.41, 5.74) is 3.30. The minimum atomic E-state index is -1.60. The third-order valence-corrected chi connectivity index (χ3v) is 7.19. The van der Waals surface area contributed by atoms with Crippen molar-refractivity contribution in [2.45, 2.75) is 44.2 Å². The van der Waals surface area contributed by atoms with E-state index in [1.807, 2.05) is 60.7 Å². The van der Waals surface area contributed by atoms with Crippen molar-refractivity contribution in [2.24, 2.45) is 0 Å². The third kappa shape index (κ3) is 5.04. The number of carbonyl (C=O) groups excluding carboxylic acids is 2. The maximum atomic E-state index is 13.6. The van der Waals surface area contributed by atoms with E-state index in [9.17, 15) is 19.6 Å². The molecule has 0 aliphatic carbocycles. The van der Waals surface area contributed by atoms with Gasteiger partial charge in [0.15, 0.2) is 0 Å². The summed E-state index contributed by atoms with van der Waals surface area (Å²) in [5.74, 6) is -0.931. The summed E-state index contributed by atoms with van der Waals surface area (Å²) in [6.07, 6.45) is 2.33. The smallest absolute Gasteiger partial charge is 0.426 e. The number of likely N-dealkylation sites (tertiary alicyclic amines) is 1. The Morgan fingerprint density at radius 3 is 2.51 bits per heavy atom. The van der Waals surface area contributed by atoms with Crippen LogP contribution in [0.15, 0.2) is 66.7 Å². The Bertz CT molecular complexity index is 1230. The highest BCUT2D eigenvalue weighted by molar-refractivity contribution is 6.43. The van der Waals surface area contributed by atoms with Gasteiger partial charge in [0.05, 0.1) is 5.94 Å². The van der Waals surface area contributed by atoms with Gasteiger partial charge in [-0.15, -0.1) is 0 Å². The first-order chi connectivity index (χ1) is 17.0. The molecule has 2 heterocycles. The molecule has 0 bridgehead atoms. The van der Waals surface area contributed by atoms with Crippen molar-refractivity contribution < 1.29 is 19.6 Å². The van der Waals surface area contributed by atoms with Gasteiger partial charge in [0.25, 0.3) is 0 Å². The van der Waals surface area contributed by atoms with Gasteiger partial charge >= 0.3 is 13.1 Å². The highest BCUT2D eigenvalue weighted by Gasteiger charge is 2.40. The molecule has 2 aliphatic rings. The molecular formula is C27H30BN3O4. The molecule has 0 spiro atoms. The Hall–Kier alpha value is -3.36. The zero-order valence-electron chi connectivity index (χ0n) is 19.6. The second kappa shape index (κ2) is 10.1. The van der Waals surface area contributed by atoms with Gasteiger partial charge in [-0.2, -0.15) is 0 Å². The van der Waals surface area contributed by atoms with Gasteiger partial charge in [-0.05, 0) is 46.7 Å². The van der Waals surface area contributed by atoms with Crippen LogP contribution in [0.2, 0.25) is 0 Å². The first-order valence-electron chi connectivity index (χ1n) is 12.3. The van der Waals surface area contributed by atoms with Crippen LogP contribution in [0.1, 0.15) is 29.5 Å². The van der Waals surface area contributed by atoms with Crippen LogP contribution < -0.4 is 5.32 Å². The largest absolute Gasteiger partial charge is 0.475 e. The van der Waals surface area contributed by atoms with E-state index in [-0.39, 0.29) is 11.9 Å². The van der Waals surface area contributed by atoms with Crippen molar-refractivity contribution in [2.75, 3.05) is 13.1 Å². The van der Waals surface area contributed by atoms with E-state index in [0.29, 0.717) is 38.9 Å². The van der Waals surface area contributed by atoms with E-state index in [0.717, 1.165) is 28.3 Å². The standard InChI is InChI=1S/C27H30BN3O4/c32-26(31-14-5-10-25(31)28(34)35)24(17-19-11-12-20-6-1-3-8-22(20)16-19)29-27(33)30-15-13-21-7-2-4-9-23(21)18-30/h1-4,6-9,11-12,16,24-25,34-35H,5,10,13-15,17-18H2,(H,29,33)/t24-,25-/m0/s1. The first kappa shape index (κ1) is 23.4. The third-order valence-electron chi connectivity index (χ3n) is 7.19. The van der Waals surface area contributed by atoms with Gasteiger partial charge < -0.3 is 25.2 Å². The number of fused-ring (bicyclic) bond motifs is 2. The second-order valence-electron chi connectivity index (χ2n) is 9.48. The van der Waals surface area contributed by atoms with Crippen LogP contribution in [0.4, 0.5) is 4.79 Å². The van der Waals surface area contributed by atoms with E-state index in [1.54, 1.807) is 4.90 Å². The van der Waals surface area contributed by atoms with Gasteiger partial charge in [-0.25, -0.2) is 4.79 Å². The van der Waals surface area contributed by atoms with Crippen molar-refractivity contribution in [3.63, 3.8) is 0 Å². The molecule has 8 heteroatoms. The normalized spacial score (nSPS) is 18.3. The van der Waals surface area contributed by atoms with E-state index < -0.39 is 19.1 Å². The van der Waals surface area contributed by atoms with Crippen LogP contribution in [0.3, 0.4) is 0 Å². The van der Waals surface area contributed by atoms with Crippen LogP contribution in [0, 0.1) is 0 Å². The zero-order valence-corrected chi connectivity index (χ0v) is 19.6. The average Bonchev–Trinajstić information content (AvgIpc) is 3.38. The summed E-state index contributed by atoms with van der Waals surface area (Å²) in [6, 6.07) is 21.1. The molecule has 3 N–H and O–H groups in total. The first-order valence-corrected chi connectivity index (χ1v) is 12.3. The number of carbonyl (C=O) groups is 2. The molecule has 35 heavy (non-hydrogen) atoms. The Kier molecular flexibility index (Phi) is 6.75. The van der Waals surface area contributed by atoms with Crippen LogP contribution in [-0.2, 0) is 24.2 Å². The molecule has 1 saturated heterocycles. The van der Waals surface area contributed by atoms with Gasteiger partial charge in [0.1, 0.15) is 6.04 Å². The van der Waals surface area contributed by atoms with Gasteiger partial charge in [0, 0.05) is 26.1 Å². The molecule has 0 radical (unpaired) electrons. The quantitative estimate of drug-likeness (QED) is 0.499. The average molecular weight is 471 g/mol. The predicted octanol–water partition coefficient (Wildman–Crippen LogP) is 2.52. The van der Waals surface area contributed by atoms with Crippen molar-refractivity contribution in [1.82, 2.24) is 15.1 Å². The lowest BCUT2D eigenvalue weighted by Gasteiger charge is -2.33. The minimum absolute atomic E-state index is 0.278. The monoisotopic (exact) mass is 471 g/mol.